The molecule has 0 bridgehead atoms. The number of nitrogens with zero attached hydrogens (tertiary/aromatic N) is 1. The van der Waals surface area contributed by atoms with Crippen LogP contribution in [0.4, 0.5) is 0 Å². The van der Waals surface area contributed by atoms with Crippen LogP contribution < -0.4 is 0 Å². The maximum Gasteiger partial charge on any atom is 0.322 e. The Morgan fingerprint density at radius 2 is 2.12 bits per heavy atom. The van der Waals surface area contributed by atoms with Crippen molar-refractivity contribution in [2.45, 2.75) is 19.5 Å². The summed E-state index contributed by atoms with van der Waals surface area (Å²) in [7, 11) is 1.41. The number of carbonyl (C=O) groups is 1. The van der Waals surface area contributed by atoms with Crippen LogP contribution in [0.1, 0.15) is 12.5 Å². The zero-order chi connectivity index (χ0) is 12.7. The van der Waals surface area contributed by atoms with Crippen LogP contribution >= 0.6 is 0 Å². The average molecular weight is 233 g/mol. The minimum atomic E-state index is -0.266. The lowest BCUT2D eigenvalue weighted by Gasteiger charge is -2.25. The highest BCUT2D eigenvalue weighted by molar-refractivity contribution is 5.75. The molecular weight excluding hydrogens is 214 g/mol. The topological polar surface area (TPSA) is 29.5 Å². The molecule has 0 fully saturated rings. The van der Waals surface area contributed by atoms with Crippen LogP contribution in [0.3, 0.4) is 0 Å². The summed E-state index contributed by atoms with van der Waals surface area (Å²) in [5, 5.41) is 0. The van der Waals surface area contributed by atoms with E-state index in [2.05, 4.69) is 6.58 Å². The molecule has 0 aliphatic rings. The largest absolute Gasteiger partial charge is 0.468 e. The molecule has 92 valence electrons. The number of methoxy groups -OCH3 is 1. The third-order valence-electron chi connectivity index (χ3n) is 2.68. The SMILES string of the molecule is C=CCN(Cc1ccccc1)C(C)C(=O)OC. The quantitative estimate of drug-likeness (QED) is 0.557. The van der Waals surface area contributed by atoms with Crippen molar-refractivity contribution in [3.8, 4) is 0 Å². The van der Waals surface area contributed by atoms with Crippen molar-refractivity contribution in [3.63, 3.8) is 0 Å². The summed E-state index contributed by atoms with van der Waals surface area (Å²) in [6, 6.07) is 9.78. The number of hydrogen-bond acceptors (Lipinski definition) is 3. The van der Waals surface area contributed by atoms with Crippen LogP contribution in [0.25, 0.3) is 0 Å². The van der Waals surface area contributed by atoms with Crippen molar-refractivity contribution in [1.82, 2.24) is 4.90 Å². The molecule has 1 aromatic rings. The van der Waals surface area contributed by atoms with Gasteiger partial charge in [0.15, 0.2) is 0 Å². The summed E-state index contributed by atoms with van der Waals surface area (Å²) in [6.07, 6.45) is 1.79. The summed E-state index contributed by atoms with van der Waals surface area (Å²) in [6.45, 7) is 6.93. The average Bonchev–Trinajstić information content (AvgIpc) is 2.37. The van der Waals surface area contributed by atoms with Gasteiger partial charge in [0, 0.05) is 13.1 Å². The van der Waals surface area contributed by atoms with Crippen LogP contribution in [0.2, 0.25) is 0 Å². The first-order valence-corrected chi connectivity index (χ1v) is 5.65. The first kappa shape index (κ1) is 13.5. The molecule has 0 aliphatic heterocycles. The maximum atomic E-state index is 11.5. The van der Waals surface area contributed by atoms with Crippen LogP contribution in [-0.2, 0) is 16.1 Å². The molecule has 1 aromatic carbocycles. The summed E-state index contributed by atoms with van der Waals surface area (Å²) >= 11 is 0. The lowest BCUT2D eigenvalue weighted by molar-refractivity contribution is -0.146. The molecule has 0 saturated carbocycles. The van der Waals surface area contributed by atoms with E-state index in [0.29, 0.717) is 13.1 Å². The van der Waals surface area contributed by atoms with Gasteiger partial charge in [-0.05, 0) is 12.5 Å². The van der Waals surface area contributed by atoms with E-state index in [1.165, 1.54) is 12.7 Å². The molecule has 0 heterocycles. The maximum absolute atomic E-state index is 11.5. The van der Waals surface area contributed by atoms with Crippen LogP contribution in [0.15, 0.2) is 43.0 Å². The molecule has 3 nitrogen and oxygen atoms in total. The highest BCUT2D eigenvalue weighted by atomic mass is 16.5. The third kappa shape index (κ3) is 4.04. The Kier molecular flexibility index (Phi) is 5.43. The van der Waals surface area contributed by atoms with Crippen molar-refractivity contribution in [3.05, 3.63) is 48.6 Å². The van der Waals surface area contributed by atoms with Crippen molar-refractivity contribution < 1.29 is 9.53 Å². The molecule has 3 heteroatoms. The molecule has 0 spiro atoms. The van der Waals surface area contributed by atoms with Gasteiger partial charge in [0.05, 0.1) is 7.11 Å². The van der Waals surface area contributed by atoms with E-state index in [9.17, 15) is 4.79 Å². The van der Waals surface area contributed by atoms with E-state index in [-0.39, 0.29) is 12.0 Å². The second-order valence-corrected chi connectivity index (χ2v) is 3.90. The molecule has 0 aliphatic carbocycles. The number of ether oxygens (including phenoxy) is 1. The van der Waals surface area contributed by atoms with Gasteiger partial charge < -0.3 is 4.74 Å². The minimum Gasteiger partial charge on any atom is -0.468 e. The smallest absolute Gasteiger partial charge is 0.322 e. The molecule has 0 radical (unpaired) electrons. The Hall–Kier alpha value is -1.61. The predicted molar refractivity (Wildman–Crippen MR) is 68.5 cm³/mol. The number of rotatable bonds is 6. The molecule has 17 heavy (non-hydrogen) atoms. The molecule has 0 aromatic heterocycles. The molecule has 0 N–H and O–H groups in total. The number of benzene rings is 1. The van der Waals surface area contributed by atoms with Crippen LogP contribution in [0.5, 0.6) is 0 Å². The molecule has 1 atom stereocenters. The van der Waals surface area contributed by atoms with Crippen molar-refractivity contribution in [2.75, 3.05) is 13.7 Å². The van der Waals surface area contributed by atoms with Crippen LogP contribution in [0, 0.1) is 0 Å². The summed E-state index contributed by atoms with van der Waals surface area (Å²) < 4.78 is 4.76. The highest BCUT2D eigenvalue weighted by Crippen LogP contribution is 2.09. The summed E-state index contributed by atoms with van der Waals surface area (Å²) in [4.78, 5) is 13.5. The van der Waals surface area contributed by atoms with E-state index in [0.717, 1.165) is 0 Å². The van der Waals surface area contributed by atoms with Gasteiger partial charge in [-0.25, -0.2) is 0 Å². The van der Waals surface area contributed by atoms with Gasteiger partial charge in [-0.15, -0.1) is 6.58 Å². The summed E-state index contributed by atoms with van der Waals surface area (Å²) in [5.74, 6) is -0.220. The normalized spacial score (nSPS) is 12.2. The Morgan fingerprint density at radius 1 is 1.47 bits per heavy atom. The predicted octanol–water partition coefficient (Wildman–Crippen LogP) is 2.24. The second kappa shape index (κ2) is 6.86. The first-order valence-electron chi connectivity index (χ1n) is 5.65. The lowest BCUT2D eigenvalue weighted by Crippen LogP contribution is -2.39. The van der Waals surface area contributed by atoms with Crippen LogP contribution in [-0.4, -0.2) is 30.6 Å². The number of hydrogen-bond donors (Lipinski definition) is 0. The van der Waals surface area contributed by atoms with Crippen molar-refractivity contribution in [1.29, 1.82) is 0 Å². The summed E-state index contributed by atoms with van der Waals surface area (Å²) in [5.41, 5.74) is 1.17. The van der Waals surface area contributed by atoms with Gasteiger partial charge in [0.2, 0.25) is 0 Å². The van der Waals surface area contributed by atoms with Crippen molar-refractivity contribution >= 4 is 5.97 Å². The van der Waals surface area contributed by atoms with Gasteiger partial charge in [-0.3, -0.25) is 9.69 Å². The standard InChI is InChI=1S/C14H19NO2/c1-4-10-15(12(2)14(16)17-3)11-13-8-6-5-7-9-13/h4-9,12H,1,10-11H2,2-3H3. The van der Waals surface area contributed by atoms with E-state index < -0.39 is 0 Å². The van der Waals surface area contributed by atoms with Gasteiger partial charge in [0.1, 0.15) is 6.04 Å². The molecular formula is C14H19NO2. The fourth-order valence-electron chi connectivity index (χ4n) is 1.66. The third-order valence-corrected chi connectivity index (χ3v) is 2.68. The van der Waals surface area contributed by atoms with Gasteiger partial charge in [-0.2, -0.15) is 0 Å². The highest BCUT2D eigenvalue weighted by Gasteiger charge is 2.20. The second-order valence-electron chi connectivity index (χ2n) is 3.90. The minimum absolute atomic E-state index is 0.220. The zero-order valence-corrected chi connectivity index (χ0v) is 10.4. The molecule has 1 rings (SSSR count). The fourth-order valence-corrected chi connectivity index (χ4v) is 1.66. The number of esters is 1. The molecule has 1 unspecified atom stereocenters. The number of carbonyl (C=O) groups excluding carboxylic acids is 1. The Morgan fingerprint density at radius 3 is 2.65 bits per heavy atom. The van der Waals surface area contributed by atoms with E-state index in [1.807, 2.05) is 42.2 Å². The lowest BCUT2D eigenvalue weighted by atomic mass is 10.2. The Bertz CT molecular complexity index is 362. The Balaban J connectivity index is 2.72. The van der Waals surface area contributed by atoms with Gasteiger partial charge >= 0.3 is 5.97 Å². The monoisotopic (exact) mass is 233 g/mol. The fraction of sp³-hybridized carbons (Fsp3) is 0.357. The Labute approximate surface area is 103 Å². The molecule has 0 amide bonds. The van der Waals surface area contributed by atoms with Crippen molar-refractivity contribution in [2.24, 2.45) is 0 Å². The van der Waals surface area contributed by atoms with Gasteiger partial charge in [0.25, 0.3) is 0 Å². The van der Waals surface area contributed by atoms with E-state index in [1.54, 1.807) is 6.08 Å². The zero-order valence-electron chi connectivity index (χ0n) is 10.4. The first-order chi connectivity index (χ1) is 8.19. The molecule has 0 saturated heterocycles. The van der Waals surface area contributed by atoms with E-state index in [4.69, 9.17) is 4.74 Å². The van der Waals surface area contributed by atoms with E-state index >= 15 is 0 Å². The van der Waals surface area contributed by atoms with Gasteiger partial charge in [-0.1, -0.05) is 36.4 Å².